The Bertz CT molecular complexity index is 575. The van der Waals surface area contributed by atoms with Crippen molar-refractivity contribution in [1.29, 1.82) is 0 Å². The van der Waals surface area contributed by atoms with Crippen LogP contribution in [0.1, 0.15) is 11.3 Å². The van der Waals surface area contributed by atoms with E-state index in [0.29, 0.717) is 11.3 Å². The molecule has 2 rings (SSSR count). The fourth-order valence-electron chi connectivity index (χ4n) is 1.83. The van der Waals surface area contributed by atoms with Gasteiger partial charge in [0.15, 0.2) is 0 Å². The van der Waals surface area contributed by atoms with Crippen molar-refractivity contribution < 1.29 is 14.6 Å². The molecule has 0 atom stereocenters. The first-order valence-electron chi connectivity index (χ1n) is 5.52. The normalized spacial score (nSPS) is 10.3. The van der Waals surface area contributed by atoms with Gasteiger partial charge < -0.3 is 9.84 Å². The number of carboxylic acids is 1. The predicted molar refractivity (Wildman–Crippen MR) is 66.2 cm³/mol. The Morgan fingerprint density at radius 3 is 2.83 bits per heavy atom. The minimum absolute atomic E-state index is 0.0268. The number of nitrogens with zero attached hydrogens (tertiary/aromatic N) is 2. The zero-order chi connectivity index (χ0) is 13.1. The van der Waals surface area contributed by atoms with Gasteiger partial charge in [-0.05, 0) is 19.1 Å². The lowest BCUT2D eigenvalue weighted by Crippen LogP contribution is -2.04. The van der Waals surface area contributed by atoms with Crippen molar-refractivity contribution in [3.05, 3.63) is 41.7 Å². The summed E-state index contributed by atoms with van der Waals surface area (Å²) >= 11 is 0. The molecule has 0 unspecified atom stereocenters. The van der Waals surface area contributed by atoms with Crippen LogP contribution in [0, 0.1) is 6.92 Å². The molecule has 0 bridgehead atoms. The molecule has 0 amide bonds. The average Bonchev–Trinajstić information content (AvgIpc) is 2.70. The molecule has 0 radical (unpaired) electrons. The maximum absolute atomic E-state index is 10.7. The van der Waals surface area contributed by atoms with Crippen LogP contribution in [0.2, 0.25) is 0 Å². The summed E-state index contributed by atoms with van der Waals surface area (Å²) < 4.78 is 6.96. The fraction of sp³-hybridized carbons (Fsp3) is 0.231. The molecule has 2 aromatic rings. The molecule has 5 heteroatoms. The predicted octanol–water partition coefficient (Wildman–Crippen LogP) is 1.82. The number of carbonyl (C=O) groups is 1. The molecule has 0 spiro atoms. The second-order valence-corrected chi connectivity index (χ2v) is 3.91. The standard InChI is InChI=1S/C13H14N2O3/c1-9-10(7-13(16)17)8-14-15(9)11-5-3-4-6-12(11)18-2/h3-6,8H,7H2,1-2H3,(H,16,17). The van der Waals surface area contributed by atoms with Gasteiger partial charge in [0, 0.05) is 11.3 Å². The van der Waals surface area contributed by atoms with Crippen LogP contribution in [0.5, 0.6) is 5.75 Å². The molecule has 0 aliphatic carbocycles. The lowest BCUT2D eigenvalue weighted by Gasteiger charge is -2.09. The van der Waals surface area contributed by atoms with Crippen molar-refractivity contribution in [3.63, 3.8) is 0 Å². The topological polar surface area (TPSA) is 64.4 Å². The van der Waals surface area contributed by atoms with Crippen molar-refractivity contribution in [2.75, 3.05) is 7.11 Å². The third-order valence-corrected chi connectivity index (χ3v) is 2.77. The molecule has 18 heavy (non-hydrogen) atoms. The molecular formula is C13H14N2O3. The summed E-state index contributed by atoms with van der Waals surface area (Å²) in [6.45, 7) is 1.84. The zero-order valence-corrected chi connectivity index (χ0v) is 10.3. The van der Waals surface area contributed by atoms with Gasteiger partial charge in [-0.3, -0.25) is 4.79 Å². The van der Waals surface area contributed by atoms with E-state index in [9.17, 15) is 4.79 Å². The van der Waals surface area contributed by atoms with Gasteiger partial charge in [0.2, 0.25) is 0 Å². The van der Waals surface area contributed by atoms with E-state index < -0.39 is 5.97 Å². The number of para-hydroxylation sites is 2. The Balaban J connectivity index is 2.45. The van der Waals surface area contributed by atoms with Crippen LogP contribution in [-0.4, -0.2) is 28.0 Å². The zero-order valence-electron chi connectivity index (χ0n) is 10.3. The van der Waals surface area contributed by atoms with Crippen LogP contribution in [0.25, 0.3) is 5.69 Å². The number of aromatic nitrogens is 2. The number of hydrogen-bond acceptors (Lipinski definition) is 3. The van der Waals surface area contributed by atoms with Gasteiger partial charge in [0.05, 0.1) is 19.7 Å². The van der Waals surface area contributed by atoms with Gasteiger partial charge in [-0.25, -0.2) is 4.68 Å². The highest BCUT2D eigenvalue weighted by atomic mass is 16.5. The van der Waals surface area contributed by atoms with Gasteiger partial charge in [-0.15, -0.1) is 0 Å². The van der Waals surface area contributed by atoms with E-state index in [2.05, 4.69) is 5.10 Å². The second kappa shape index (κ2) is 4.91. The van der Waals surface area contributed by atoms with E-state index in [0.717, 1.165) is 11.4 Å². The van der Waals surface area contributed by atoms with Gasteiger partial charge in [0.1, 0.15) is 11.4 Å². The highest BCUT2D eigenvalue weighted by molar-refractivity contribution is 5.70. The molecule has 1 heterocycles. The van der Waals surface area contributed by atoms with E-state index >= 15 is 0 Å². The maximum atomic E-state index is 10.7. The second-order valence-electron chi connectivity index (χ2n) is 3.91. The summed E-state index contributed by atoms with van der Waals surface area (Å²) in [5.74, 6) is -0.164. The molecule has 0 aliphatic heterocycles. The van der Waals surface area contributed by atoms with Crippen molar-refractivity contribution >= 4 is 5.97 Å². The van der Waals surface area contributed by atoms with Gasteiger partial charge >= 0.3 is 5.97 Å². The molecule has 1 aromatic carbocycles. The molecule has 0 saturated carbocycles. The van der Waals surface area contributed by atoms with Crippen molar-refractivity contribution in [3.8, 4) is 11.4 Å². The first-order chi connectivity index (χ1) is 8.63. The van der Waals surface area contributed by atoms with Gasteiger partial charge in [-0.1, -0.05) is 12.1 Å². The minimum Gasteiger partial charge on any atom is -0.494 e. The van der Waals surface area contributed by atoms with Crippen LogP contribution >= 0.6 is 0 Å². The fourth-order valence-corrected chi connectivity index (χ4v) is 1.83. The summed E-state index contributed by atoms with van der Waals surface area (Å²) in [4.78, 5) is 10.7. The summed E-state index contributed by atoms with van der Waals surface area (Å²) in [5, 5.41) is 13.0. The smallest absolute Gasteiger partial charge is 0.307 e. The summed E-state index contributed by atoms with van der Waals surface area (Å²) in [6.07, 6.45) is 1.55. The van der Waals surface area contributed by atoms with Crippen molar-refractivity contribution in [2.24, 2.45) is 0 Å². The van der Waals surface area contributed by atoms with E-state index in [1.54, 1.807) is 18.0 Å². The van der Waals surface area contributed by atoms with E-state index in [1.165, 1.54) is 0 Å². The van der Waals surface area contributed by atoms with Crippen molar-refractivity contribution in [2.45, 2.75) is 13.3 Å². The molecule has 94 valence electrons. The largest absolute Gasteiger partial charge is 0.494 e. The lowest BCUT2D eigenvalue weighted by molar-refractivity contribution is -0.136. The number of ether oxygens (including phenoxy) is 1. The Morgan fingerprint density at radius 1 is 1.44 bits per heavy atom. The molecule has 0 aliphatic rings. The Morgan fingerprint density at radius 2 is 2.17 bits per heavy atom. The van der Waals surface area contributed by atoms with Gasteiger partial charge in [-0.2, -0.15) is 5.10 Å². The molecule has 5 nitrogen and oxygen atoms in total. The molecule has 1 aromatic heterocycles. The Hall–Kier alpha value is -2.30. The number of aliphatic carboxylic acids is 1. The number of carboxylic acid groups (broad SMARTS) is 1. The quantitative estimate of drug-likeness (QED) is 0.893. The summed E-state index contributed by atoms with van der Waals surface area (Å²) in [7, 11) is 1.59. The third kappa shape index (κ3) is 2.20. The number of rotatable bonds is 4. The highest BCUT2D eigenvalue weighted by Gasteiger charge is 2.13. The minimum atomic E-state index is -0.863. The van der Waals surface area contributed by atoms with E-state index in [4.69, 9.17) is 9.84 Å². The Labute approximate surface area is 105 Å². The first kappa shape index (κ1) is 12.2. The molecule has 0 fully saturated rings. The maximum Gasteiger partial charge on any atom is 0.307 e. The SMILES string of the molecule is COc1ccccc1-n1ncc(CC(=O)O)c1C. The average molecular weight is 246 g/mol. The van der Waals surface area contributed by atoms with E-state index in [1.807, 2.05) is 31.2 Å². The van der Waals surface area contributed by atoms with E-state index in [-0.39, 0.29) is 6.42 Å². The number of benzene rings is 1. The molecule has 0 saturated heterocycles. The molecule has 1 N–H and O–H groups in total. The Kier molecular flexibility index (Phi) is 3.32. The number of methoxy groups -OCH3 is 1. The highest BCUT2D eigenvalue weighted by Crippen LogP contribution is 2.23. The van der Waals surface area contributed by atoms with Crippen LogP contribution < -0.4 is 4.74 Å². The number of hydrogen-bond donors (Lipinski definition) is 1. The van der Waals surface area contributed by atoms with Crippen LogP contribution in [0.15, 0.2) is 30.5 Å². The first-order valence-corrected chi connectivity index (χ1v) is 5.52. The van der Waals surface area contributed by atoms with Crippen LogP contribution in [0.3, 0.4) is 0 Å². The lowest BCUT2D eigenvalue weighted by atomic mass is 10.2. The van der Waals surface area contributed by atoms with Gasteiger partial charge in [0.25, 0.3) is 0 Å². The molecular weight excluding hydrogens is 232 g/mol. The van der Waals surface area contributed by atoms with Crippen molar-refractivity contribution in [1.82, 2.24) is 9.78 Å². The monoisotopic (exact) mass is 246 g/mol. The van der Waals surface area contributed by atoms with Crippen LogP contribution in [-0.2, 0) is 11.2 Å². The summed E-state index contributed by atoms with van der Waals surface area (Å²) in [6, 6.07) is 7.48. The summed E-state index contributed by atoms with van der Waals surface area (Å²) in [5.41, 5.74) is 2.31. The van der Waals surface area contributed by atoms with Crippen LogP contribution in [0.4, 0.5) is 0 Å². The third-order valence-electron chi connectivity index (χ3n) is 2.77.